The molecular formula is C14H20N2O2. The van der Waals surface area contributed by atoms with Crippen LogP contribution >= 0.6 is 0 Å². The van der Waals surface area contributed by atoms with Gasteiger partial charge in [-0.15, -0.1) is 0 Å². The molecule has 1 aromatic heterocycles. The summed E-state index contributed by atoms with van der Waals surface area (Å²) in [5.74, 6) is -0.869. The normalized spacial score (nSPS) is 20.5. The summed E-state index contributed by atoms with van der Waals surface area (Å²) in [5.41, 5.74) is 1.14. The molecule has 1 N–H and O–H groups in total. The Kier molecular flexibility index (Phi) is 4.18. The molecule has 4 nitrogen and oxygen atoms in total. The molecule has 98 valence electrons. The van der Waals surface area contributed by atoms with Crippen LogP contribution in [0, 0.1) is 0 Å². The maximum absolute atomic E-state index is 11.3. The van der Waals surface area contributed by atoms with Gasteiger partial charge < -0.3 is 10.0 Å². The Morgan fingerprint density at radius 2 is 2.33 bits per heavy atom. The van der Waals surface area contributed by atoms with Crippen LogP contribution in [0.1, 0.15) is 49.4 Å². The maximum Gasteiger partial charge on any atom is 0.337 e. The monoisotopic (exact) mass is 248 g/mol. The van der Waals surface area contributed by atoms with Gasteiger partial charge in [-0.3, -0.25) is 4.98 Å². The van der Waals surface area contributed by atoms with E-state index in [1.54, 1.807) is 18.5 Å². The number of carboxylic acids is 1. The van der Waals surface area contributed by atoms with Crippen molar-refractivity contribution in [3.05, 3.63) is 24.0 Å². The van der Waals surface area contributed by atoms with Crippen LogP contribution in [0.2, 0.25) is 0 Å². The molecule has 1 atom stereocenters. The number of hydrogen-bond acceptors (Lipinski definition) is 3. The number of carboxylic acid groups (broad SMARTS) is 1. The van der Waals surface area contributed by atoms with E-state index in [0.717, 1.165) is 31.5 Å². The van der Waals surface area contributed by atoms with Crippen LogP contribution in [0.25, 0.3) is 0 Å². The summed E-state index contributed by atoms with van der Waals surface area (Å²) < 4.78 is 0. The Morgan fingerprint density at radius 1 is 1.50 bits per heavy atom. The van der Waals surface area contributed by atoms with Crippen LogP contribution in [-0.2, 0) is 0 Å². The first-order valence-electron chi connectivity index (χ1n) is 6.68. The van der Waals surface area contributed by atoms with Crippen molar-refractivity contribution < 1.29 is 9.90 Å². The van der Waals surface area contributed by atoms with Crippen LogP contribution in [0.4, 0.5) is 5.69 Å². The third-order valence-electron chi connectivity index (χ3n) is 3.69. The SMILES string of the molecule is CCC1CCCCCN1c1cnccc1C(=O)O. The molecule has 1 unspecified atom stereocenters. The van der Waals surface area contributed by atoms with Crippen molar-refractivity contribution in [2.24, 2.45) is 0 Å². The molecule has 0 spiro atoms. The zero-order valence-electron chi connectivity index (χ0n) is 10.8. The number of aromatic carboxylic acids is 1. The molecule has 0 aromatic carbocycles. The second-order valence-corrected chi connectivity index (χ2v) is 4.80. The van der Waals surface area contributed by atoms with Crippen LogP contribution in [0.3, 0.4) is 0 Å². The van der Waals surface area contributed by atoms with E-state index in [9.17, 15) is 9.90 Å². The Balaban J connectivity index is 2.35. The molecular weight excluding hydrogens is 228 g/mol. The number of anilines is 1. The van der Waals surface area contributed by atoms with Crippen molar-refractivity contribution in [2.45, 2.75) is 45.1 Å². The highest BCUT2D eigenvalue weighted by Crippen LogP contribution is 2.28. The first-order chi connectivity index (χ1) is 8.74. The summed E-state index contributed by atoms with van der Waals surface area (Å²) in [4.78, 5) is 17.6. The molecule has 18 heavy (non-hydrogen) atoms. The molecule has 0 aliphatic carbocycles. The fourth-order valence-electron chi connectivity index (χ4n) is 2.71. The van der Waals surface area contributed by atoms with Crippen LogP contribution < -0.4 is 4.90 Å². The number of rotatable bonds is 3. The van der Waals surface area contributed by atoms with Gasteiger partial charge in [0.2, 0.25) is 0 Å². The number of pyridine rings is 1. The lowest BCUT2D eigenvalue weighted by Crippen LogP contribution is -2.35. The number of carbonyl (C=O) groups is 1. The fourth-order valence-corrected chi connectivity index (χ4v) is 2.71. The van der Waals surface area contributed by atoms with Gasteiger partial charge in [0.25, 0.3) is 0 Å². The van der Waals surface area contributed by atoms with E-state index in [-0.39, 0.29) is 0 Å². The smallest absolute Gasteiger partial charge is 0.337 e. The summed E-state index contributed by atoms with van der Waals surface area (Å²) in [5, 5.41) is 9.27. The number of aromatic nitrogens is 1. The molecule has 1 fully saturated rings. The van der Waals surface area contributed by atoms with Crippen molar-refractivity contribution in [3.8, 4) is 0 Å². The highest BCUT2D eigenvalue weighted by molar-refractivity contribution is 5.94. The average Bonchev–Trinajstić information content (AvgIpc) is 2.63. The molecule has 0 bridgehead atoms. The van der Waals surface area contributed by atoms with Crippen LogP contribution in [-0.4, -0.2) is 28.6 Å². The highest BCUT2D eigenvalue weighted by Gasteiger charge is 2.23. The van der Waals surface area contributed by atoms with E-state index in [1.807, 2.05) is 0 Å². The minimum Gasteiger partial charge on any atom is -0.478 e. The average molecular weight is 248 g/mol. The fraction of sp³-hybridized carbons (Fsp3) is 0.571. The van der Waals surface area contributed by atoms with Gasteiger partial charge in [0.15, 0.2) is 0 Å². The second kappa shape index (κ2) is 5.85. The lowest BCUT2D eigenvalue weighted by molar-refractivity contribution is 0.0697. The summed E-state index contributed by atoms with van der Waals surface area (Å²) in [6.07, 6.45) is 9.03. The lowest BCUT2D eigenvalue weighted by Gasteiger charge is -2.32. The third kappa shape index (κ3) is 2.63. The molecule has 1 saturated heterocycles. The predicted molar refractivity (Wildman–Crippen MR) is 71.1 cm³/mol. The van der Waals surface area contributed by atoms with Crippen molar-refractivity contribution in [2.75, 3.05) is 11.4 Å². The number of hydrogen-bond donors (Lipinski definition) is 1. The van der Waals surface area contributed by atoms with E-state index in [4.69, 9.17) is 0 Å². The van der Waals surface area contributed by atoms with Gasteiger partial charge in [-0.1, -0.05) is 19.8 Å². The highest BCUT2D eigenvalue weighted by atomic mass is 16.4. The third-order valence-corrected chi connectivity index (χ3v) is 3.69. The minimum atomic E-state index is -0.869. The van der Waals surface area contributed by atoms with E-state index in [0.29, 0.717) is 11.6 Å². The van der Waals surface area contributed by atoms with Gasteiger partial charge in [0, 0.05) is 18.8 Å². The minimum absolute atomic E-state index is 0.366. The van der Waals surface area contributed by atoms with E-state index >= 15 is 0 Å². The molecule has 1 aromatic rings. The molecule has 2 rings (SSSR count). The molecule has 4 heteroatoms. The Bertz CT molecular complexity index is 420. The Hall–Kier alpha value is -1.58. The van der Waals surface area contributed by atoms with Gasteiger partial charge in [0.1, 0.15) is 0 Å². The first-order valence-corrected chi connectivity index (χ1v) is 6.68. The topological polar surface area (TPSA) is 53.4 Å². The summed E-state index contributed by atoms with van der Waals surface area (Å²) in [6.45, 7) is 3.10. The number of nitrogens with zero attached hydrogens (tertiary/aromatic N) is 2. The molecule has 2 heterocycles. The van der Waals surface area contributed by atoms with E-state index in [2.05, 4.69) is 16.8 Å². The quantitative estimate of drug-likeness (QED) is 0.893. The standard InChI is InChI=1S/C14H20N2O2/c1-2-11-6-4-3-5-9-16(11)13-10-15-8-7-12(13)14(17)18/h7-8,10-11H,2-6,9H2,1H3,(H,17,18). The second-order valence-electron chi connectivity index (χ2n) is 4.80. The Labute approximate surface area is 108 Å². The molecule has 1 aliphatic rings. The van der Waals surface area contributed by atoms with E-state index < -0.39 is 5.97 Å². The van der Waals surface area contributed by atoms with Gasteiger partial charge in [0.05, 0.1) is 17.4 Å². The van der Waals surface area contributed by atoms with Gasteiger partial charge in [-0.25, -0.2) is 4.79 Å². The largest absolute Gasteiger partial charge is 0.478 e. The van der Waals surface area contributed by atoms with Crippen molar-refractivity contribution >= 4 is 11.7 Å². The summed E-state index contributed by atoms with van der Waals surface area (Å²) in [7, 11) is 0. The van der Waals surface area contributed by atoms with Crippen molar-refractivity contribution in [1.82, 2.24) is 4.98 Å². The summed E-state index contributed by atoms with van der Waals surface area (Å²) in [6, 6.07) is 2.03. The van der Waals surface area contributed by atoms with Crippen molar-refractivity contribution in [3.63, 3.8) is 0 Å². The Morgan fingerprint density at radius 3 is 3.06 bits per heavy atom. The van der Waals surface area contributed by atoms with Crippen LogP contribution in [0.5, 0.6) is 0 Å². The summed E-state index contributed by atoms with van der Waals surface area (Å²) >= 11 is 0. The molecule has 0 saturated carbocycles. The van der Waals surface area contributed by atoms with Gasteiger partial charge in [-0.05, 0) is 25.3 Å². The molecule has 0 amide bonds. The first kappa shape index (κ1) is 12.9. The van der Waals surface area contributed by atoms with Gasteiger partial charge >= 0.3 is 5.97 Å². The molecule has 1 aliphatic heterocycles. The van der Waals surface area contributed by atoms with Crippen molar-refractivity contribution in [1.29, 1.82) is 0 Å². The lowest BCUT2D eigenvalue weighted by atomic mass is 10.1. The predicted octanol–water partition coefficient (Wildman–Crippen LogP) is 2.94. The molecule has 0 radical (unpaired) electrons. The van der Waals surface area contributed by atoms with Crippen LogP contribution in [0.15, 0.2) is 18.5 Å². The maximum atomic E-state index is 11.3. The zero-order chi connectivity index (χ0) is 13.0. The zero-order valence-corrected chi connectivity index (χ0v) is 10.8. The van der Waals surface area contributed by atoms with E-state index in [1.165, 1.54) is 12.8 Å². The van der Waals surface area contributed by atoms with Gasteiger partial charge in [-0.2, -0.15) is 0 Å².